The van der Waals surface area contributed by atoms with Crippen LogP contribution in [0, 0.1) is 29.6 Å². The number of benzene rings is 1. The second kappa shape index (κ2) is 50.5. The summed E-state index contributed by atoms with van der Waals surface area (Å²) in [6.07, 6.45) is -0.198. The fourth-order valence-corrected chi connectivity index (χ4v) is 18.5. The average molecular weight is 1890 g/mol. The number of aliphatic hydroxyl groups excluding tert-OH is 1. The third kappa shape index (κ3) is 31.5. The first-order valence-corrected chi connectivity index (χ1v) is 47.3. The fourth-order valence-electron chi connectivity index (χ4n) is 13.9. The smallest absolute Gasteiger partial charge is 0.327 e. The van der Waals surface area contributed by atoms with E-state index in [9.17, 15) is 72.3 Å². The average Bonchev–Trinajstić information content (AvgIpc) is 1.73. The summed E-state index contributed by atoms with van der Waals surface area (Å²) in [4.78, 5) is 296. The summed E-state index contributed by atoms with van der Waals surface area (Å²) in [6.45, 7) is 17.8. The number of para-hydroxylation sites is 1. The Labute approximate surface area is 761 Å². The molecule has 0 aliphatic carbocycles. The monoisotopic (exact) mass is 1890 g/mol. The number of nitrogens with two attached hydrogens (primary N) is 1. The van der Waals surface area contributed by atoms with Crippen LogP contribution >= 0.6 is 35.3 Å². The number of aliphatic hydroxyl groups is 1. The normalized spacial score (nSPS) is 30.4. The van der Waals surface area contributed by atoms with Gasteiger partial charge in [-0.05, 0) is 67.9 Å². The number of aliphatic carboxylic acids is 2. The van der Waals surface area contributed by atoms with Gasteiger partial charge in [-0.15, -0.1) is 0 Å². The molecule has 4 aliphatic heterocycles. The molecule has 1 aromatic heterocycles. The number of thioether (sulfide) groups is 3. The van der Waals surface area contributed by atoms with E-state index >= 15 is 43.2 Å². The molecular weight excluding hydrogens is 1770 g/mol. The molecule has 4 fully saturated rings. The number of carboxylic acids is 2. The molecular formula is C81H124N20O24S4. The highest BCUT2D eigenvalue weighted by molar-refractivity contribution is 8.00. The second-order valence-electron chi connectivity index (χ2n) is 33.6. The number of rotatable bonds is 17. The van der Waals surface area contributed by atoms with Crippen LogP contribution in [0.4, 0.5) is 0 Å². The van der Waals surface area contributed by atoms with Crippen molar-refractivity contribution in [1.82, 2.24) is 101 Å². The van der Waals surface area contributed by atoms with Crippen molar-refractivity contribution in [3.63, 3.8) is 0 Å². The third-order valence-electron chi connectivity index (χ3n) is 22.3. The molecule has 4 aliphatic rings. The highest BCUT2D eigenvalue weighted by Gasteiger charge is 2.45. The lowest BCUT2D eigenvalue weighted by atomic mass is 9.96. The third-order valence-corrected chi connectivity index (χ3v) is 27.8. The standard InChI is InChI=1S/C81H124N20O24S4/c1-15-37(9)60-76(118)88-47(21-22-57(105)106)69(111)91-52-31-127-40(12)62(101-73(115)51-30-126-29-45(82)66(108)90-50(28-102)67(109)84-26-55(103)87-49(71(113)96-58(35(5)6)74(116)92-51)24-43-25-83-46-20-18-17-19-44(43)46)78(120)89-48(23-34(3)4)70(112)100-63(79(121)99-60)41(13)128-32-53-72(114)86-39(11)65(107)94-54(81(123)124)33-129(125)42(14)64(95-56(104)27-85-68(52)110)80(122)97-59(36(7)8)75(117)98-61(38(10)16-2)77(119)93-53/h17-20,25,34-42,45,47-54,58-64,83,102H,15-16,21-24,26-33,82H2,1-14H3,(H,84,109)(H,85,110)(H,86,114)(H,87,103)(H,88,118)(H,89,120)(H,90,108)(H,91,111)(H,92,116)(H,93,119)(H,94,107)(H,95,104)(H,96,113)(H,97,122)(H,98,117)(H,99,121)(H,100,112)(H,101,115)(H,105,106)(H,123,124)/t37-,38-,39-,40-,41-,42-,45+,47-,48-,49-,50+,51-,52-,53-,54-,58-,59-,60-,61-,62+,63+,64+,129?/m0/s1. The fraction of sp³-hybridized carbons (Fsp3) is 0.654. The Balaban J connectivity index is 1.62. The molecule has 18 amide bonds. The molecule has 0 saturated carbocycles. The minimum Gasteiger partial charge on any atom is -0.481 e. The zero-order valence-electron chi connectivity index (χ0n) is 74.3. The molecule has 6 rings (SSSR count). The number of hydrogen-bond donors (Lipinski definition) is 23. The summed E-state index contributed by atoms with van der Waals surface area (Å²) in [5.41, 5.74) is 7.53. The van der Waals surface area contributed by atoms with Crippen molar-refractivity contribution in [3.05, 3.63) is 36.0 Å². The molecule has 716 valence electrons. The van der Waals surface area contributed by atoms with Gasteiger partial charge in [0.25, 0.3) is 0 Å². The maximum absolute atomic E-state index is 15.9. The molecule has 0 spiro atoms. The van der Waals surface area contributed by atoms with E-state index in [0.29, 0.717) is 40.0 Å². The number of fused-ring (bicyclic) bond motifs is 19. The zero-order valence-corrected chi connectivity index (χ0v) is 77.6. The second-order valence-corrected chi connectivity index (χ2v) is 39.3. The highest BCUT2D eigenvalue weighted by Crippen LogP contribution is 2.25. The number of nitrogens with one attached hydrogen (secondary N) is 19. The van der Waals surface area contributed by atoms with Crippen LogP contribution in [0.1, 0.15) is 135 Å². The molecule has 4 bridgehead atoms. The number of carboxylic acid groups (broad SMARTS) is 2. The largest absolute Gasteiger partial charge is 0.481 e. The predicted octanol–water partition coefficient (Wildman–Crippen LogP) is -6.39. The van der Waals surface area contributed by atoms with Gasteiger partial charge < -0.3 is 122 Å². The van der Waals surface area contributed by atoms with E-state index in [4.69, 9.17) is 5.73 Å². The first-order valence-electron chi connectivity index (χ1n) is 42.6. The molecule has 1 aromatic carbocycles. The molecule has 1 unspecified atom stereocenters. The maximum atomic E-state index is 15.9. The van der Waals surface area contributed by atoms with Crippen LogP contribution in [-0.2, 0) is 113 Å². The summed E-state index contributed by atoms with van der Waals surface area (Å²) in [5, 5.41) is 72.5. The van der Waals surface area contributed by atoms with Gasteiger partial charge in [0.2, 0.25) is 106 Å². The van der Waals surface area contributed by atoms with Crippen molar-refractivity contribution in [2.24, 2.45) is 35.3 Å². The quantitative estimate of drug-likeness (QED) is 0.0655. The lowest BCUT2D eigenvalue weighted by Gasteiger charge is -2.32. The molecule has 0 radical (unpaired) electrons. The lowest BCUT2D eigenvalue weighted by Crippen LogP contribution is -2.63. The van der Waals surface area contributed by atoms with E-state index in [-0.39, 0.29) is 25.7 Å². The van der Waals surface area contributed by atoms with Crippen LogP contribution < -0.4 is 101 Å². The van der Waals surface area contributed by atoms with Crippen LogP contribution in [0.3, 0.4) is 0 Å². The summed E-state index contributed by atoms with van der Waals surface area (Å²) < 4.78 is 14.6. The Hall–Kier alpha value is -10.7. The van der Waals surface area contributed by atoms with Crippen LogP contribution in [-0.4, -0.2) is 310 Å². The first-order chi connectivity index (χ1) is 60.7. The highest BCUT2D eigenvalue weighted by atomic mass is 32.2. The molecule has 129 heavy (non-hydrogen) atoms. The Morgan fingerprint density at radius 2 is 1.00 bits per heavy atom. The van der Waals surface area contributed by atoms with E-state index in [1.165, 1.54) is 48.5 Å². The van der Waals surface area contributed by atoms with Gasteiger partial charge in [0, 0.05) is 74.3 Å². The van der Waals surface area contributed by atoms with Crippen molar-refractivity contribution in [2.75, 3.05) is 48.5 Å². The minimum atomic E-state index is -2.60. The number of aromatic amines is 1. The van der Waals surface area contributed by atoms with Gasteiger partial charge >= 0.3 is 11.9 Å². The van der Waals surface area contributed by atoms with Gasteiger partial charge in [-0.3, -0.25) is 95.3 Å². The summed E-state index contributed by atoms with van der Waals surface area (Å²) >= 11 is 2.12. The van der Waals surface area contributed by atoms with Crippen LogP contribution in [0.25, 0.3) is 10.9 Å². The van der Waals surface area contributed by atoms with E-state index in [1.54, 1.807) is 65.1 Å². The zero-order chi connectivity index (χ0) is 96.3. The van der Waals surface area contributed by atoms with Gasteiger partial charge in [-0.1, -0.05) is 114 Å². The van der Waals surface area contributed by atoms with Crippen molar-refractivity contribution in [1.29, 1.82) is 0 Å². The Bertz CT molecular complexity index is 4470. The lowest BCUT2D eigenvalue weighted by molar-refractivity contribution is -0.141. The number of carbonyl (C=O) groups excluding carboxylic acids is 18. The molecule has 48 heteroatoms. The number of amides is 18. The SMILES string of the molecule is CC[C@H](C)[C@@H]1NC(=O)[C@H](C(C)C)NC(=O)[C@@H]2NC(=O)CNC(=O)[C@@H]3CS[C@@H](C)[C@@H](NC(=O)[C@@H]4CSC[C@@H](N)C(=O)N[C@H](CO)C(=O)NCC(=O)N[C@@H](Cc5c[nH]c6ccccc56)C(=O)N[C@@H](C(C)C)C(=O)N4)C(=O)N[C@@H](CC(C)C)C(=O)N[C@@H](C(=O)N[C@@H]([C@@H](C)CC)C(=O)N[C@@H](CCC(=O)O)C(=O)N3)[C@H](C)SC[C@H](NC1=O)C(=O)N[C@@H](C)C(=O)N[C@H](C(=O)O)CS(=O)[C@H]2C. The van der Waals surface area contributed by atoms with Crippen molar-refractivity contribution < 1.29 is 115 Å². The molecule has 44 nitrogen and oxygen atoms in total. The summed E-state index contributed by atoms with van der Waals surface area (Å²) in [7, 11) is -2.60. The molecule has 4 saturated heterocycles. The van der Waals surface area contributed by atoms with E-state index in [1.807, 2.05) is 0 Å². The van der Waals surface area contributed by atoms with Gasteiger partial charge in [-0.2, -0.15) is 35.3 Å². The van der Waals surface area contributed by atoms with Gasteiger partial charge in [-0.25, -0.2) is 4.79 Å². The first kappa shape index (κ1) is 107. The van der Waals surface area contributed by atoms with Crippen molar-refractivity contribution in [3.8, 4) is 0 Å². The van der Waals surface area contributed by atoms with E-state index < -0.39 is 338 Å². The minimum absolute atomic E-state index is 0.0970. The van der Waals surface area contributed by atoms with E-state index in [2.05, 4.69) is 101 Å². The van der Waals surface area contributed by atoms with Gasteiger partial charge in [0.1, 0.15) is 96.7 Å². The predicted molar refractivity (Wildman–Crippen MR) is 476 cm³/mol. The van der Waals surface area contributed by atoms with Crippen molar-refractivity contribution in [2.45, 2.75) is 254 Å². The molecule has 24 N–H and O–H groups in total. The summed E-state index contributed by atoms with van der Waals surface area (Å²) in [6, 6.07) is -23.2. The Kier molecular flexibility index (Phi) is 41.9. The van der Waals surface area contributed by atoms with Crippen LogP contribution in [0.2, 0.25) is 0 Å². The van der Waals surface area contributed by atoms with Crippen LogP contribution in [0.5, 0.6) is 0 Å². The molecule has 23 atom stereocenters. The number of carbonyl (C=O) groups is 20. The Morgan fingerprint density at radius 3 is 1.60 bits per heavy atom. The molecule has 5 heterocycles. The Morgan fingerprint density at radius 1 is 0.496 bits per heavy atom. The van der Waals surface area contributed by atoms with Gasteiger partial charge in [0.15, 0.2) is 0 Å². The number of hydrogen-bond acceptors (Lipinski definition) is 26. The van der Waals surface area contributed by atoms with E-state index in [0.717, 1.165) is 25.6 Å². The van der Waals surface area contributed by atoms with Crippen LogP contribution in [0.15, 0.2) is 30.5 Å². The maximum Gasteiger partial charge on any atom is 0.327 e. The summed E-state index contributed by atoms with van der Waals surface area (Å²) in [5.74, 6) is -30.7. The topological polar surface area (TPSA) is 678 Å². The number of H-pyrrole nitrogens is 1. The van der Waals surface area contributed by atoms with Gasteiger partial charge in [0.05, 0.1) is 36.7 Å². The van der Waals surface area contributed by atoms with Crippen molar-refractivity contribution >= 4 is 175 Å². The number of aromatic nitrogens is 1. The molecule has 2 aromatic rings.